The van der Waals surface area contributed by atoms with Crippen LogP contribution in [0.15, 0.2) is 29.7 Å². The Morgan fingerprint density at radius 3 is 2.91 bits per heavy atom. The van der Waals surface area contributed by atoms with Crippen LogP contribution < -0.4 is 5.32 Å². The van der Waals surface area contributed by atoms with Gasteiger partial charge in [0, 0.05) is 25.4 Å². The van der Waals surface area contributed by atoms with Gasteiger partial charge in [0.25, 0.3) is 0 Å². The number of rotatable bonds is 8. The van der Waals surface area contributed by atoms with Gasteiger partial charge in [0.2, 0.25) is 11.1 Å². The van der Waals surface area contributed by atoms with Crippen molar-refractivity contribution in [2.45, 2.75) is 50.6 Å². The number of H-pyrrole nitrogens is 1. The van der Waals surface area contributed by atoms with Gasteiger partial charge in [-0.2, -0.15) is 0 Å². The average Bonchev–Trinajstić information content (AvgIpc) is 2.99. The van der Waals surface area contributed by atoms with Crippen LogP contribution in [0.3, 0.4) is 0 Å². The molecule has 0 fully saturated rings. The normalized spacial score (nSPS) is 12.3. The van der Waals surface area contributed by atoms with Crippen molar-refractivity contribution < 1.29 is 4.79 Å². The zero-order valence-electron chi connectivity index (χ0n) is 13.7. The van der Waals surface area contributed by atoms with Crippen molar-refractivity contribution in [1.82, 2.24) is 25.5 Å². The second kappa shape index (κ2) is 8.67. The van der Waals surface area contributed by atoms with E-state index in [1.807, 2.05) is 26.0 Å². The van der Waals surface area contributed by atoms with Crippen LogP contribution in [0, 0.1) is 5.92 Å². The van der Waals surface area contributed by atoms with E-state index in [1.165, 1.54) is 11.8 Å². The minimum atomic E-state index is -0.225. The van der Waals surface area contributed by atoms with Crippen molar-refractivity contribution in [3.05, 3.63) is 35.9 Å². The molecule has 0 saturated carbocycles. The highest BCUT2D eigenvalue weighted by Gasteiger charge is 2.25. The predicted octanol–water partition coefficient (Wildman–Crippen LogP) is 2.59. The molecule has 0 aromatic carbocycles. The van der Waals surface area contributed by atoms with Crippen molar-refractivity contribution in [3.8, 4) is 0 Å². The van der Waals surface area contributed by atoms with Crippen molar-refractivity contribution in [3.63, 3.8) is 0 Å². The number of thioether (sulfide) groups is 1. The molecular weight excluding hydrogens is 310 g/mol. The number of carbonyl (C=O) groups is 1. The van der Waals surface area contributed by atoms with E-state index < -0.39 is 0 Å². The number of aromatic amines is 1. The summed E-state index contributed by atoms with van der Waals surface area (Å²) in [5, 5.41) is 10.5. The van der Waals surface area contributed by atoms with E-state index in [0.717, 1.165) is 24.2 Å². The summed E-state index contributed by atoms with van der Waals surface area (Å²) in [6.45, 7) is 6.63. The Balaban J connectivity index is 1.95. The van der Waals surface area contributed by atoms with Crippen LogP contribution in [0.2, 0.25) is 0 Å². The largest absolute Gasteiger partial charge is 0.351 e. The number of nitrogens with zero attached hydrogens (tertiary/aromatic N) is 3. The Hall–Kier alpha value is -1.89. The molecule has 1 amide bonds. The molecule has 0 aliphatic rings. The van der Waals surface area contributed by atoms with Gasteiger partial charge in [0.15, 0.2) is 0 Å². The molecule has 7 heteroatoms. The lowest BCUT2D eigenvalue weighted by Crippen LogP contribution is -2.35. The highest BCUT2D eigenvalue weighted by atomic mass is 32.2. The lowest BCUT2D eigenvalue weighted by molar-refractivity contribution is -0.121. The maximum atomic E-state index is 12.5. The monoisotopic (exact) mass is 333 g/mol. The Morgan fingerprint density at radius 2 is 2.26 bits per heavy atom. The van der Waals surface area contributed by atoms with Crippen molar-refractivity contribution in [1.29, 1.82) is 0 Å². The van der Waals surface area contributed by atoms with Gasteiger partial charge in [0.05, 0.1) is 5.25 Å². The molecule has 1 unspecified atom stereocenters. The minimum Gasteiger partial charge on any atom is -0.351 e. The van der Waals surface area contributed by atoms with Crippen molar-refractivity contribution >= 4 is 17.7 Å². The summed E-state index contributed by atoms with van der Waals surface area (Å²) in [4.78, 5) is 21.0. The first kappa shape index (κ1) is 17.5. The summed E-state index contributed by atoms with van der Waals surface area (Å²) in [5.41, 5.74) is 0.983. The van der Waals surface area contributed by atoms with Crippen LogP contribution in [-0.2, 0) is 17.8 Å². The molecule has 2 rings (SSSR count). The third-order valence-corrected chi connectivity index (χ3v) is 4.69. The molecule has 2 aromatic heterocycles. The molecule has 0 radical (unpaired) electrons. The summed E-state index contributed by atoms with van der Waals surface area (Å²) >= 11 is 1.41. The number of hydrogen-bond acceptors (Lipinski definition) is 5. The standard InChI is InChI=1S/C16H23N5OS/c1-4-6-13-19-16(21-20-13)23-14(11(2)3)15(22)18-10-12-7-5-8-17-9-12/h5,7-9,11,14H,4,6,10H2,1-3H3,(H,18,22)(H,19,20,21). The van der Waals surface area contributed by atoms with Crippen LogP contribution in [0.25, 0.3) is 0 Å². The SMILES string of the molecule is CCCc1nc(SC(C(=O)NCc2cccnc2)C(C)C)n[nH]1. The molecule has 2 N–H and O–H groups in total. The lowest BCUT2D eigenvalue weighted by Gasteiger charge is -2.18. The topological polar surface area (TPSA) is 83.6 Å². The van der Waals surface area contributed by atoms with Crippen molar-refractivity contribution in [2.24, 2.45) is 5.92 Å². The lowest BCUT2D eigenvalue weighted by atomic mass is 10.1. The number of hydrogen-bond donors (Lipinski definition) is 2. The summed E-state index contributed by atoms with van der Waals surface area (Å²) in [6.07, 6.45) is 5.35. The molecule has 0 saturated heterocycles. The number of amides is 1. The first-order valence-corrected chi connectivity index (χ1v) is 8.72. The quantitative estimate of drug-likeness (QED) is 0.726. The van der Waals surface area contributed by atoms with E-state index in [2.05, 4.69) is 32.4 Å². The number of aromatic nitrogens is 4. The third-order valence-electron chi connectivity index (χ3n) is 3.28. The van der Waals surface area contributed by atoms with Crippen LogP contribution in [0.1, 0.15) is 38.6 Å². The van der Waals surface area contributed by atoms with Gasteiger partial charge >= 0.3 is 0 Å². The minimum absolute atomic E-state index is 0.00399. The molecule has 1 atom stereocenters. The molecule has 2 aromatic rings. The smallest absolute Gasteiger partial charge is 0.234 e. The first-order valence-electron chi connectivity index (χ1n) is 7.84. The molecule has 0 bridgehead atoms. The molecule has 0 aliphatic heterocycles. The zero-order chi connectivity index (χ0) is 16.7. The Kier molecular flexibility index (Phi) is 6.58. The van der Waals surface area contributed by atoms with E-state index in [4.69, 9.17) is 0 Å². The van der Waals surface area contributed by atoms with Gasteiger partial charge in [-0.1, -0.05) is 38.6 Å². The van der Waals surface area contributed by atoms with Gasteiger partial charge < -0.3 is 5.32 Å². The fraction of sp³-hybridized carbons (Fsp3) is 0.500. The second-order valence-corrected chi connectivity index (χ2v) is 6.78. The van der Waals surface area contributed by atoms with Crippen molar-refractivity contribution in [2.75, 3.05) is 0 Å². The number of nitrogens with one attached hydrogen (secondary N) is 2. The third kappa shape index (κ3) is 5.35. The highest BCUT2D eigenvalue weighted by Crippen LogP contribution is 2.25. The predicted molar refractivity (Wildman–Crippen MR) is 90.9 cm³/mol. The molecule has 0 aliphatic carbocycles. The van der Waals surface area contributed by atoms with E-state index in [0.29, 0.717) is 11.7 Å². The van der Waals surface area contributed by atoms with E-state index in [1.54, 1.807) is 12.4 Å². The maximum Gasteiger partial charge on any atom is 0.234 e. The Labute approximate surface area is 140 Å². The molecule has 124 valence electrons. The van der Waals surface area contributed by atoms with E-state index >= 15 is 0 Å². The fourth-order valence-corrected chi connectivity index (χ4v) is 3.03. The van der Waals surface area contributed by atoms with Crippen LogP contribution >= 0.6 is 11.8 Å². The average molecular weight is 333 g/mol. The second-order valence-electron chi connectivity index (χ2n) is 5.68. The number of carbonyl (C=O) groups excluding carboxylic acids is 1. The van der Waals surface area contributed by atoms with Crippen LogP contribution in [0.4, 0.5) is 0 Å². The summed E-state index contributed by atoms with van der Waals surface area (Å²) in [7, 11) is 0. The molecular formula is C16H23N5OS. The number of aryl methyl sites for hydroxylation is 1. The first-order chi connectivity index (χ1) is 11.1. The Morgan fingerprint density at radius 1 is 1.43 bits per heavy atom. The van der Waals surface area contributed by atoms with Gasteiger partial charge in [-0.25, -0.2) is 4.98 Å². The maximum absolute atomic E-state index is 12.5. The van der Waals surface area contributed by atoms with E-state index in [9.17, 15) is 4.79 Å². The molecule has 6 nitrogen and oxygen atoms in total. The van der Waals surface area contributed by atoms with Gasteiger partial charge in [0.1, 0.15) is 5.82 Å². The molecule has 2 heterocycles. The zero-order valence-corrected chi connectivity index (χ0v) is 14.6. The summed E-state index contributed by atoms with van der Waals surface area (Å²) < 4.78 is 0. The van der Waals surface area contributed by atoms with Gasteiger partial charge in [-0.05, 0) is 24.0 Å². The number of pyridine rings is 1. The highest BCUT2D eigenvalue weighted by molar-refractivity contribution is 8.00. The van der Waals surface area contributed by atoms with Crippen LogP contribution in [-0.4, -0.2) is 31.3 Å². The fourth-order valence-electron chi connectivity index (χ4n) is 2.08. The Bertz CT molecular complexity index is 614. The van der Waals surface area contributed by atoms with Gasteiger partial charge in [-0.3, -0.25) is 14.9 Å². The van der Waals surface area contributed by atoms with Gasteiger partial charge in [-0.15, -0.1) is 5.10 Å². The summed E-state index contributed by atoms with van der Waals surface area (Å²) in [6, 6.07) is 3.80. The molecule has 0 spiro atoms. The van der Waals surface area contributed by atoms with E-state index in [-0.39, 0.29) is 17.1 Å². The molecule has 23 heavy (non-hydrogen) atoms. The summed E-state index contributed by atoms with van der Waals surface area (Å²) in [5.74, 6) is 1.05. The van der Waals surface area contributed by atoms with Crippen LogP contribution in [0.5, 0.6) is 0 Å².